The van der Waals surface area contributed by atoms with Crippen LogP contribution in [0.25, 0.3) is 15.9 Å². The predicted octanol–water partition coefficient (Wildman–Crippen LogP) is 4.39. The monoisotopic (exact) mass is 405 g/mol. The van der Waals surface area contributed by atoms with Crippen LogP contribution in [0.1, 0.15) is 28.8 Å². The number of hydrogen-bond donors (Lipinski definition) is 2. The van der Waals surface area contributed by atoms with E-state index in [0.29, 0.717) is 17.9 Å². The molecule has 2 aromatic heterocycles. The van der Waals surface area contributed by atoms with Crippen molar-refractivity contribution in [1.82, 2.24) is 14.8 Å². The maximum atomic E-state index is 12.8. The van der Waals surface area contributed by atoms with E-state index in [9.17, 15) is 9.59 Å². The molecule has 7 nitrogen and oxygen atoms in total. The van der Waals surface area contributed by atoms with Crippen molar-refractivity contribution in [2.75, 3.05) is 10.6 Å². The van der Waals surface area contributed by atoms with Crippen molar-refractivity contribution < 1.29 is 9.59 Å². The molecule has 0 aliphatic heterocycles. The van der Waals surface area contributed by atoms with E-state index in [1.54, 1.807) is 29.0 Å². The lowest BCUT2D eigenvalue weighted by atomic mass is 10.3. The number of amides is 2. The Morgan fingerprint density at radius 1 is 1.07 bits per heavy atom. The van der Waals surface area contributed by atoms with Crippen molar-refractivity contribution in [3.05, 3.63) is 65.3 Å². The number of aryl methyl sites for hydroxylation is 1. The summed E-state index contributed by atoms with van der Waals surface area (Å²) in [6.45, 7) is 3.72. The van der Waals surface area contributed by atoms with Gasteiger partial charge in [0.15, 0.2) is 5.69 Å². The zero-order chi connectivity index (χ0) is 20.4. The lowest BCUT2D eigenvalue weighted by molar-refractivity contribution is -0.115. The summed E-state index contributed by atoms with van der Waals surface area (Å²) >= 11 is 1.57. The molecular formula is C21H19N5O2S. The van der Waals surface area contributed by atoms with Crippen LogP contribution in [-0.4, -0.2) is 26.6 Å². The Labute approximate surface area is 171 Å². The number of para-hydroxylation sites is 1. The molecule has 0 bridgehead atoms. The average Bonchev–Trinajstić information content (AvgIpc) is 3.31. The average molecular weight is 405 g/mol. The number of thiazole rings is 1. The van der Waals surface area contributed by atoms with Gasteiger partial charge in [-0.3, -0.25) is 9.59 Å². The highest BCUT2D eigenvalue weighted by Gasteiger charge is 2.17. The molecule has 0 spiro atoms. The highest BCUT2D eigenvalue weighted by Crippen LogP contribution is 2.25. The minimum absolute atomic E-state index is 0.153. The predicted molar refractivity (Wildman–Crippen MR) is 115 cm³/mol. The van der Waals surface area contributed by atoms with Crippen LogP contribution in [0.2, 0.25) is 0 Å². The van der Waals surface area contributed by atoms with Crippen LogP contribution in [0.3, 0.4) is 0 Å². The van der Waals surface area contributed by atoms with E-state index in [0.717, 1.165) is 20.9 Å². The summed E-state index contributed by atoms with van der Waals surface area (Å²) in [5.41, 5.74) is 2.53. The zero-order valence-electron chi connectivity index (χ0n) is 16.0. The van der Waals surface area contributed by atoms with Gasteiger partial charge in [-0.1, -0.05) is 25.1 Å². The fraction of sp³-hybridized carbons (Fsp3) is 0.143. The van der Waals surface area contributed by atoms with Crippen molar-refractivity contribution in [3.8, 4) is 5.69 Å². The molecule has 0 aliphatic rings. The molecule has 0 fully saturated rings. The zero-order valence-corrected chi connectivity index (χ0v) is 16.8. The Morgan fingerprint density at radius 3 is 2.62 bits per heavy atom. The molecule has 0 unspecified atom stereocenters. The molecular weight excluding hydrogens is 386 g/mol. The van der Waals surface area contributed by atoms with E-state index in [2.05, 4.69) is 20.7 Å². The first kappa shape index (κ1) is 18.8. The second-order valence-corrected chi connectivity index (χ2v) is 7.67. The number of rotatable bonds is 5. The summed E-state index contributed by atoms with van der Waals surface area (Å²) in [5, 5.41) is 11.1. The number of carbonyl (C=O) groups is 2. The van der Waals surface area contributed by atoms with Gasteiger partial charge in [-0.15, -0.1) is 11.3 Å². The molecule has 0 saturated heterocycles. The molecule has 0 aliphatic carbocycles. The van der Waals surface area contributed by atoms with Crippen molar-refractivity contribution in [1.29, 1.82) is 0 Å². The number of aromatic nitrogens is 3. The smallest absolute Gasteiger partial charge is 0.276 e. The van der Waals surface area contributed by atoms with Crippen LogP contribution >= 0.6 is 11.3 Å². The third kappa shape index (κ3) is 4.02. The standard InChI is InChI=1S/C21H19N5O2S/c1-3-20(27)24-19-12-17(25-26(19)15-7-5-4-6-8-15)21(28)23-14-9-10-16-18(11-14)29-13(2)22-16/h4-12H,3H2,1-2H3,(H,23,28)(H,24,27). The molecule has 4 rings (SSSR count). The number of hydrogen-bond acceptors (Lipinski definition) is 5. The Morgan fingerprint density at radius 2 is 1.86 bits per heavy atom. The van der Waals surface area contributed by atoms with Gasteiger partial charge in [0.2, 0.25) is 5.91 Å². The largest absolute Gasteiger partial charge is 0.321 e. The summed E-state index contributed by atoms with van der Waals surface area (Å²) in [5.74, 6) is -0.0611. The Bertz CT molecular complexity index is 1200. The molecule has 2 amide bonds. The lowest BCUT2D eigenvalue weighted by Crippen LogP contribution is -2.14. The van der Waals surface area contributed by atoms with Crippen LogP contribution in [0.5, 0.6) is 0 Å². The molecule has 2 N–H and O–H groups in total. The molecule has 4 aromatic rings. The molecule has 146 valence electrons. The highest BCUT2D eigenvalue weighted by molar-refractivity contribution is 7.18. The summed E-state index contributed by atoms with van der Waals surface area (Å²) < 4.78 is 2.56. The van der Waals surface area contributed by atoms with Gasteiger partial charge in [0.1, 0.15) is 5.82 Å². The van der Waals surface area contributed by atoms with E-state index in [-0.39, 0.29) is 17.5 Å². The van der Waals surface area contributed by atoms with Gasteiger partial charge in [-0.05, 0) is 37.3 Å². The first-order valence-corrected chi connectivity index (χ1v) is 9.99. The molecule has 2 aromatic carbocycles. The fourth-order valence-corrected chi connectivity index (χ4v) is 3.76. The first-order valence-electron chi connectivity index (χ1n) is 9.17. The summed E-state index contributed by atoms with van der Waals surface area (Å²) in [4.78, 5) is 29.1. The van der Waals surface area contributed by atoms with E-state index in [4.69, 9.17) is 0 Å². The van der Waals surface area contributed by atoms with E-state index < -0.39 is 0 Å². The third-order valence-corrected chi connectivity index (χ3v) is 5.22. The number of benzene rings is 2. The maximum absolute atomic E-state index is 12.8. The van der Waals surface area contributed by atoms with Gasteiger partial charge in [-0.2, -0.15) is 5.10 Å². The fourth-order valence-electron chi connectivity index (χ4n) is 2.89. The molecule has 8 heteroatoms. The number of nitrogens with one attached hydrogen (secondary N) is 2. The maximum Gasteiger partial charge on any atom is 0.276 e. The van der Waals surface area contributed by atoms with Crippen LogP contribution in [-0.2, 0) is 4.79 Å². The molecule has 2 heterocycles. The van der Waals surface area contributed by atoms with E-state index in [1.165, 1.54) is 0 Å². The highest BCUT2D eigenvalue weighted by atomic mass is 32.1. The molecule has 0 saturated carbocycles. The summed E-state index contributed by atoms with van der Waals surface area (Å²) in [7, 11) is 0. The number of nitrogens with zero attached hydrogens (tertiary/aromatic N) is 3. The minimum Gasteiger partial charge on any atom is -0.321 e. The van der Waals surface area contributed by atoms with Crippen molar-refractivity contribution in [2.45, 2.75) is 20.3 Å². The molecule has 29 heavy (non-hydrogen) atoms. The van der Waals surface area contributed by atoms with Crippen molar-refractivity contribution in [2.24, 2.45) is 0 Å². The van der Waals surface area contributed by atoms with E-state index >= 15 is 0 Å². The van der Waals surface area contributed by atoms with Gasteiger partial charge in [-0.25, -0.2) is 9.67 Å². The second-order valence-electron chi connectivity index (χ2n) is 6.43. The Kier molecular flexibility index (Phi) is 5.09. The quantitative estimate of drug-likeness (QED) is 0.515. The van der Waals surface area contributed by atoms with Crippen LogP contribution in [0, 0.1) is 6.92 Å². The van der Waals surface area contributed by atoms with Crippen LogP contribution in [0.15, 0.2) is 54.6 Å². The van der Waals surface area contributed by atoms with Gasteiger partial charge in [0.25, 0.3) is 5.91 Å². The SMILES string of the molecule is CCC(=O)Nc1cc(C(=O)Nc2ccc3nc(C)sc3c2)nn1-c1ccccc1. The topological polar surface area (TPSA) is 88.9 Å². The number of carbonyl (C=O) groups excluding carboxylic acids is 2. The van der Waals surface area contributed by atoms with Gasteiger partial charge in [0, 0.05) is 18.2 Å². The van der Waals surface area contributed by atoms with E-state index in [1.807, 2.05) is 55.5 Å². The van der Waals surface area contributed by atoms with Crippen molar-refractivity contribution >= 4 is 44.9 Å². The van der Waals surface area contributed by atoms with Gasteiger partial charge >= 0.3 is 0 Å². The summed E-state index contributed by atoms with van der Waals surface area (Å²) in [6.07, 6.45) is 0.329. The lowest BCUT2D eigenvalue weighted by Gasteiger charge is -2.07. The van der Waals surface area contributed by atoms with Crippen LogP contribution < -0.4 is 10.6 Å². The minimum atomic E-state index is -0.354. The second kappa shape index (κ2) is 7.84. The first-order chi connectivity index (χ1) is 14.0. The number of anilines is 2. The van der Waals surface area contributed by atoms with Gasteiger partial charge in [0.05, 0.1) is 20.9 Å². The third-order valence-electron chi connectivity index (χ3n) is 4.28. The Balaban J connectivity index is 1.64. The molecule has 0 atom stereocenters. The van der Waals surface area contributed by atoms with Crippen LogP contribution in [0.4, 0.5) is 11.5 Å². The van der Waals surface area contributed by atoms with Crippen molar-refractivity contribution in [3.63, 3.8) is 0 Å². The van der Waals surface area contributed by atoms with Gasteiger partial charge < -0.3 is 10.6 Å². The Hall–Kier alpha value is -3.52. The summed E-state index contributed by atoms with van der Waals surface area (Å²) in [6, 6.07) is 16.5. The molecule has 0 radical (unpaired) electrons. The normalized spacial score (nSPS) is 10.8. The number of fused-ring (bicyclic) bond motifs is 1.